The van der Waals surface area contributed by atoms with Crippen molar-refractivity contribution in [1.82, 2.24) is 15.5 Å². The number of hydrogen-bond donors (Lipinski definition) is 2. The molecule has 2 N–H and O–H groups in total. The van der Waals surface area contributed by atoms with Crippen molar-refractivity contribution in [3.63, 3.8) is 0 Å². The predicted octanol–water partition coefficient (Wildman–Crippen LogP) is 3.53. The van der Waals surface area contributed by atoms with E-state index in [-0.39, 0.29) is 5.41 Å². The van der Waals surface area contributed by atoms with Crippen molar-refractivity contribution in [2.24, 2.45) is 0 Å². The molecule has 22 heavy (non-hydrogen) atoms. The van der Waals surface area contributed by atoms with E-state index < -0.39 is 0 Å². The van der Waals surface area contributed by atoms with Crippen LogP contribution in [0.15, 0.2) is 30.5 Å². The van der Waals surface area contributed by atoms with Gasteiger partial charge in [0.1, 0.15) is 0 Å². The fourth-order valence-corrected chi connectivity index (χ4v) is 2.41. The Hall–Kier alpha value is -1.65. The summed E-state index contributed by atoms with van der Waals surface area (Å²) in [5.74, 6) is 0. The van der Waals surface area contributed by atoms with Gasteiger partial charge in [0.15, 0.2) is 0 Å². The van der Waals surface area contributed by atoms with Gasteiger partial charge in [-0.1, -0.05) is 45.0 Å². The Morgan fingerprint density at radius 1 is 1.09 bits per heavy atom. The second kappa shape index (κ2) is 7.56. The molecule has 0 fully saturated rings. The van der Waals surface area contributed by atoms with Crippen molar-refractivity contribution in [3.8, 4) is 0 Å². The summed E-state index contributed by atoms with van der Waals surface area (Å²) in [5, 5.41) is 10.8. The zero-order chi connectivity index (χ0) is 16.0. The van der Waals surface area contributed by atoms with Crippen LogP contribution in [-0.4, -0.2) is 16.8 Å². The molecule has 0 aliphatic carbocycles. The van der Waals surface area contributed by atoms with Gasteiger partial charge in [0.05, 0.1) is 12.8 Å². The first-order valence-electron chi connectivity index (χ1n) is 7.89. The lowest BCUT2D eigenvalue weighted by molar-refractivity contribution is 0.134. The Morgan fingerprint density at radius 3 is 2.41 bits per heavy atom. The SMILES string of the molecule is CCOCc1ccc(CNCc2cn[nH]c2C(C)(C)C)cc1. The first-order chi connectivity index (χ1) is 10.5. The minimum Gasteiger partial charge on any atom is -0.377 e. The van der Waals surface area contributed by atoms with Gasteiger partial charge < -0.3 is 10.1 Å². The Kier molecular flexibility index (Phi) is 5.75. The van der Waals surface area contributed by atoms with Crippen LogP contribution in [0.1, 0.15) is 50.1 Å². The summed E-state index contributed by atoms with van der Waals surface area (Å²) in [5.41, 5.74) is 5.03. The normalized spacial score (nSPS) is 11.8. The molecule has 1 aromatic heterocycles. The third-order valence-electron chi connectivity index (χ3n) is 3.61. The second-order valence-electron chi connectivity index (χ2n) is 6.58. The maximum atomic E-state index is 5.41. The van der Waals surface area contributed by atoms with Gasteiger partial charge in [-0.25, -0.2) is 0 Å². The van der Waals surface area contributed by atoms with Crippen molar-refractivity contribution in [3.05, 3.63) is 52.8 Å². The second-order valence-corrected chi connectivity index (χ2v) is 6.58. The van der Waals surface area contributed by atoms with Crippen molar-refractivity contribution in [2.45, 2.75) is 52.8 Å². The van der Waals surface area contributed by atoms with Crippen LogP contribution in [0.25, 0.3) is 0 Å². The lowest BCUT2D eigenvalue weighted by atomic mass is 9.89. The van der Waals surface area contributed by atoms with Gasteiger partial charge >= 0.3 is 0 Å². The fraction of sp³-hybridized carbons (Fsp3) is 0.500. The summed E-state index contributed by atoms with van der Waals surface area (Å²) in [6.45, 7) is 11.7. The Bertz CT molecular complexity index is 567. The molecule has 0 radical (unpaired) electrons. The molecule has 0 aliphatic rings. The quantitative estimate of drug-likeness (QED) is 0.822. The van der Waals surface area contributed by atoms with Gasteiger partial charge in [-0.15, -0.1) is 0 Å². The van der Waals surface area contributed by atoms with E-state index in [4.69, 9.17) is 4.74 Å². The first-order valence-corrected chi connectivity index (χ1v) is 7.89. The Morgan fingerprint density at radius 2 is 1.77 bits per heavy atom. The van der Waals surface area contributed by atoms with Gasteiger partial charge in [-0.2, -0.15) is 5.10 Å². The molecule has 4 nitrogen and oxygen atoms in total. The van der Waals surface area contributed by atoms with Crippen LogP contribution in [0.2, 0.25) is 0 Å². The number of nitrogens with one attached hydrogen (secondary N) is 2. The molecular weight excluding hydrogens is 274 g/mol. The van der Waals surface area contributed by atoms with Crippen molar-refractivity contribution in [1.29, 1.82) is 0 Å². The molecule has 2 rings (SSSR count). The summed E-state index contributed by atoms with van der Waals surface area (Å²) in [7, 11) is 0. The van der Waals surface area contributed by atoms with E-state index in [2.05, 4.69) is 60.6 Å². The molecule has 0 saturated carbocycles. The topological polar surface area (TPSA) is 49.9 Å². The average molecular weight is 301 g/mol. The predicted molar refractivity (Wildman–Crippen MR) is 89.6 cm³/mol. The lowest BCUT2D eigenvalue weighted by Crippen LogP contribution is -2.19. The van der Waals surface area contributed by atoms with E-state index in [9.17, 15) is 0 Å². The molecule has 0 saturated heterocycles. The maximum absolute atomic E-state index is 5.41. The van der Waals surface area contributed by atoms with E-state index >= 15 is 0 Å². The number of benzene rings is 1. The molecule has 0 amide bonds. The van der Waals surface area contributed by atoms with Gasteiger partial charge in [-0.05, 0) is 18.1 Å². The molecule has 4 heteroatoms. The summed E-state index contributed by atoms with van der Waals surface area (Å²) in [4.78, 5) is 0. The van der Waals surface area contributed by atoms with Crippen LogP contribution in [-0.2, 0) is 29.8 Å². The number of H-pyrrole nitrogens is 1. The Labute approximate surface area is 133 Å². The molecule has 120 valence electrons. The van der Waals surface area contributed by atoms with Crippen LogP contribution in [0.5, 0.6) is 0 Å². The van der Waals surface area contributed by atoms with Crippen molar-refractivity contribution >= 4 is 0 Å². The molecular formula is C18H27N3O. The number of rotatable bonds is 7. The first kappa shape index (κ1) is 16.7. The van der Waals surface area contributed by atoms with Crippen LogP contribution >= 0.6 is 0 Å². The fourth-order valence-electron chi connectivity index (χ4n) is 2.41. The van der Waals surface area contributed by atoms with Crippen LogP contribution < -0.4 is 5.32 Å². The minimum atomic E-state index is 0.0917. The summed E-state index contributed by atoms with van der Waals surface area (Å²) in [6, 6.07) is 8.57. The van der Waals surface area contributed by atoms with Gasteiger partial charge in [0.2, 0.25) is 0 Å². The lowest BCUT2D eigenvalue weighted by Gasteiger charge is -2.18. The highest BCUT2D eigenvalue weighted by atomic mass is 16.5. The third-order valence-corrected chi connectivity index (χ3v) is 3.61. The number of nitrogens with zero attached hydrogens (tertiary/aromatic N) is 1. The van der Waals surface area contributed by atoms with Crippen molar-refractivity contribution < 1.29 is 4.74 Å². The summed E-state index contributed by atoms with van der Waals surface area (Å²) in [6.07, 6.45) is 1.92. The van der Waals surface area contributed by atoms with E-state index in [0.717, 1.165) is 19.7 Å². The van der Waals surface area contributed by atoms with E-state index in [1.165, 1.54) is 22.4 Å². The standard InChI is InChI=1S/C18H27N3O/c1-5-22-13-15-8-6-14(7-9-15)10-19-11-16-12-20-21-17(16)18(2,3)4/h6-9,12,19H,5,10-11,13H2,1-4H3,(H,20,21). The summed E-state index contributed by atoms with van der Waals surface area (Å²) >= 11 is 0. The van der Waals surface area contributed by atoms with E-state index in [1.54, 1.807) is 0 Å². The highest BCUT2D eigenvalue weighted by Crippen LogP contribution is 2.23. The largest absolute Gasteiger partial charge is 0.377 e. The zero-order valence-corrected chi connectivity index (χ0v) is 14.1. The number of aromatic nitrogens is 2. The van der Waals surface area contributed by atoms with Crippen LogP contribution in [0, 0.1) is 0 Å². The highest BCUT2D eigenvalue weighted by molar-refractivity contribution is 5.24. The minimum absolute atomic E-state index is 0.0917. The van der Waals surface area contributed by atoms with Crippen molar-refractivity contribution in [2.75, 3.05) is 6.61 Å². The summed E-state index contributed by atoms with van der Waals surface area (Å²) < 4.78 is 5.41. The molecule has 0 atom stereocenters. The van der Waals surface area contributed by atoms with E-state index in [1.807, 2.05) is 13.1 Å². The molecule has 2 aromatic rings. The molecule has 0 unspecified atom stereocenters. The number of hydrogen-bond acceptors (Lipinski definition) is 3. The molecule has 1 heterocycles. The smallest absolute Gasteiger partial charge is 0.0716 e. The number of ether oxygens (including phenoxy) is 1. The van der Waals surface area contributed by atoms with Crippen LogP contribution in [0.4, 0.5) is 0 Å². The van der Waals surface area contributed by atoms with Gasteiger partial charge in [0, 0.05) is 36.4 Å². The molecule has 0 aliphatic heterocycles. The zero-order valence-electron chi connectivity index (χ0n) is 14.1. The molecule has 0 spiro atoms. The van der Waals surface area contributed by atoms with Gasteiger partial charge in [0.25, 0.3) is 0 Å². The molecule has 0 bridgehead atoms. The third kappa shape index (κ3) is 4.68. The molecule has 1 aromatic carbocycles. The average Bonchev–Trinajstić information content (AvgIpc) is 2.95. The Balaban J connectivity index is 1.85. The van der Waals surface area contributed by atoms with E-state index in [0.29, 0.717) is 6.61 Å². The monoisotopic (exact) mass is 301 g/mol. The van der Waals surface area contributed by atoms with Gasteiger partial charge in [-0.3, -0.25) is 5.10 Å². The maximum Gasteiger partial charge on any atom is 0.0716 e. The van der Waals surface area contributed by atoms with Crippen LogP contribution in [0.3, 0.4) is 0 Å². The highest BCUT2D eigenvalue weighted by Gasteiger charge is 2.19. The number of aromatic amines is 1.